The van der Waals surface area contributed by atoms with Crippen LogP contribution in [0.4, 0.5) is 0 Å². The van der Waals surface area contributed by atoms with Crippen LogP contribution in [0.3, 0.4) is 0 Å². The number of ketones is 1. The molecule has 0 atom stereocenters. The molecule has 0 aromatic rings. The van der Waals surface area contributed by atoms with Gasteiger partial charge in [-0.25, -0.2) is 0 Å². The van der Waals surface area contributed by atoms with Crippen molar-refractivity contribution in [3.8, 4) is 0 Å². The third-order valence-corrected chi connectivity index (χ3v) is 0.412. The number of aliphatic hydroxyl groups is 1. The van der Waals surface area contributed by atoms with Gasteiger partial charge in [-0.1, -0.05) is 0 Å². The van der Waals surface area contributed by atoms with Crippen molar-refractivity contribution in [1.82, 2.24) is 0 Å². The summed E-state index contributed by atoms with van der Waals surface area (Å²) in [7, 11) is 0. The minimum atomic E-state index is -0.125. The van der Waals surface area contributed by atoms with E-state index in [-0.39, 0.29) is 31.0 Å². The van der Waals surface area contributed by atoms with Gasteiger partial charge in [0.05, 0.1) is 5.76 Å². The van der Waals surface area contributed by atoms with E-state index in [9.17, 15) is 4.79 Å². The van der Waals surface area contributed by atoms with E-state index in [1.165, 1.54) is 19.9 Å². The van der Waals surface area contributed by atoms with Crippen molar-refractivity contribution in [1.29, 1.82) is 0 Å². The monoisotopic (exact) mass is 259 g/mol. The number of carbonyl (C=O) groups is 1. The molecule has 1 radical (unpaired) electrons. The SMILES string of the molecule is CC(=O)/C=C(/C)O.[C-]#[O+].[C-]#[O+].[Rh]. The van der Waals surface area contributed by atoms with Gasteiger partial charge >= 0.3 is 22.6 Å². The summed E-state index contributed by atoms with van der Waals surface area (Å²) in [6, 6.07) is 0. The van der Waals surface area contributed by atoms with Crippen LogP contribution in [-0.4, -0.2) is 10.9 Å². The summed E-state index contributed by atoms with van der Waals surface area (Å²) in [5.74, 6) is -0.0625. The molecule has 0 bridgehead atoms. The maximum atomic E-state index is 10.0. The summed E-state index contributed by atoms with van der Waals surface area (Å²) in [6.45, 7) is 11.8. The summed E-state index contributed by atoms with van der Waals surface area (Å²) < 4.78 is 15.0. The van der Waals surface area contributed by atoms with Gasteiger partial charge in [-0.3, -0.25) is 4.79 Å². The van der Waals surface area contributed by atoms with Gasteiger partial charge in [0.15, 0.2) is 5.78 Å². The predicted molar refractivity (Wildman–Crippen MR) is 34.9 cm³/mol. The Labute approximate surface area is 83.9 Å². The van der Waals surface area contributed by atoms with Gasteiger partial charge in [0.25, 0.3) is 0 Å². The Hall–Kier alpha value is -0.687. The first kappa shape index (κ1) is 22.5. The van der Waals surface area contributed by atoms with E-state index in [4.69, 9.17) is 14.4 Å². The minimum absolute atomic E-state index is 0. The standard InChI is InChI=1S/C5H8O2.2CO.Rh/c1-4(6)3-5(2)7;2*1-2;/h3,6H,1-2H3;;;/b4-3-;;;. The van der Waals surface area contributed by atoms with Gasteiger partial charge in [0, 0.05) is 25.6 Å². The van der Waals surface area contributed by atoms with Crippen LogP contribution < -0.4 is 0 Å². The third kappa shape index (κ3) is 58.6. The molecular formula is C7H8O4Rh. The van der Waals surface area contributed by atoms with Gasteiger partial charge in [-0.15, -0.1) is 0 Å². The Kier molecular flexibility index (Phi) is 42.1. The van der Waals surface area contributed by atoms with Crippen molar-refractivity contribution < 1.29 is 38.7 Å². The molecular weight excluding hydrogens is 251 g/mol. The van der Waals surface area contributed by atoms with E-state index >= 15 is 0 Å². The molecule has 0 amide bonds. The summed E-state index contributed by atoms with van der Waals surface area (Å²) >= 11 is 0. The molecule has 0 heterocycles. The van der Waals surface area contributed by atoms with Crippen LogP contribution in [0.25, 0.3) is 0 Å². The van der Waals surface area contributed by atoms with Gasteiger partial charge in [-0.05, 0) is 13.8 Å². The van der Waals surface area contributed by atoms with Crippen LogP contribution in [0.5, 0.6) is 0 Å². The zero-order chi connectivity index (χ0) is 9.86. The van der Waals surface area contributed by atoms with Gasteiger partial charge in [-0.2, -0.15) is 0 Å². The van der Waals surface area contributed by atoms with Crippen LogP contribution in [0.2, 0.25) is 0 Å². The van der Waals surface area contributed by atoms with E-state index in [0.29, 0.717) is 0 Å². The van der Waals surface area contributed by atoms with E-state index in [1.807, 2.05) is 0 Å². The fourth-order valence-electron chi connectivity index (χ4n) is 0.294. The first-order valence-electron chi connectivity index (χ1n) is 2.41. The first-order chi connectivity index (χ1) is 5.13. The number of hydrogen-bond acceptors (Lipinski definition) is 2. The number of rotatable bonds is 1. The Bertz CT molecular complexity index is 159. The second-order valence-corrected chi connectivity index (χ2v) is 1.40. The molecule has 0 aromatic heterocycles. The van der Waals surface area contributed by atoms with Gasteiger partial charge in [0.1, 0.15) is 0 Å². The molecule has 0 rings (SSSR count). The molecule has 0 fully saturated rings. The van der Waals surface area contributed by atoms with Gasteiger partial charge < -0.3 is 5.11 Å². The van der Waals surface area contributed by atoms with Crippen molar-refractivity contribution in [3.05, 3.63) is 25.1 Å². The van der Waals surface area contributed by atoms with Gasteiger partial charge in [0.2, 0.25) is 0 Å². The molecule has 0 aromatic carbocycles. The molecule has 0 unspecified atom stereocenters. The minimum Gasteiger partial charge on any atom is 0 e. The largest absolute Gasteiger partial charge is 0 e. The van der Waals surface area contributed by atoms with Crippen molar-refractivity contribution in [2.24, 2.45) is 0 Å². The normalized spacial score (nSPS) is 7.00. The van der Waals surface area contributed by atoms with E-state index < -0.39 is 0 Å². The Balaban J connectivity index is -0.0000000560. The number of allylic oxidation sites excluding steroid dienone is 2. The Morgan fingerprint density at radius 2 is 1.50 bits per heavy atom. The van der Waals surface area contributed by atoms with Crippen LogP contribution in [0, 0.1) is 13.3 Å². The zero-order valence-electron chi connectivity index (χ0n) is 6.58. The fraction of sp³-hybridized carbons (Fsp3) is 0.286. The molecule has 0 aliphatic carbocycles. The summed E-state index contributed by atoms with van der Waals surface area (Å²) in [4.78, 5) is 10.0. The van der Waals surface area contributed by atoms with E-state index in [0.717, 1.165) is 0 Å². The quantitative estimate of drug-likeness (QED) is 0.250. The number of hydrogen-bond donors (Lipinski definition) is 1. The average Bonchev–Trinajstić information content (AvgIpc) is 1.93. The molecule has 0 aliphatic heterocycles. The van der Waals surface area contributed by atoms with Crippen LogP contribution in [0.1, 0.15) is 13.8 Å². The summed E-state index contributed by atoms with van der Waals surface area (Å²) in [6.07, 6.45) is 1.17. The van der Waals surface area contributed by atoms with Crippen LogP contribution >= 0.6 is 0 Å². The zero-order valence-corrected chi connectivity index (χ0v) is 8.22. The first-order valence-corrected chi connectivity index (χ1v) is 2.41. The number of aliphatic hydroxyl groups excluding tert-OH is 1. The van der Waals surface area contributed by atoms with Crippen LogP contribution in [0.15, 0.2) is 11.8 Å². The second kappa shape index (κ2) is 22.4. The van der Waals surface area contributed by atoms with Crippen molar-refractivity contribution >= 4 is 5.78 Å². The molecule has 0 spiro atoms. The van der Waals surface area contributed by atoms with Crippen molar-refractivity contribution in [2.75, 3.05) is 0 Å². The molecule has 0 saturated carbocycles. The maximum Gasteiger partial charge on any atom is 0 e. The van der Waals surface area contributed by atoms with Crippen LogP contribution in [-0.2, 0) is 33.6 Å². The summed E-state index contributed by atoms with van der Waals surface area (Å²) in [5.41, 5.74) is 0. The van der Waals surface area contributed by atoms with E-state index in [2.05, 4.69) is 13.3 Å². The second-order valence-electron chi connectivity index (χ2n) is 1.40. The summed E-state index contributed by atoms with van der Waals surface area (Å²) in [5, 5.41) is 8.36. The molecule has 12 heavy (non-hydrogen) atoms. The van der Waals surface area contributed by atoms with Crippen molar-refractivity contribution in [3.63, 3.8) is 0 Å². The molecule has 0 aliphatic rings. The Morgan fingerprint density at radius 3 is 1.50 bits per heavy atom. The molecule has 0 saturated heterocycles. The third-order valence-electron chi connectivity index (χ3n) is 0.412. The van der Waals surface area contributed by atoms with E-state index in [1.54, 1.807) is 0 Å². The average molecular weight is 259 g/mol. The molecule has 5 heteroatoms. The maximum absolute atomic E-state index is 10.0. The smallest absolute Gasteiger partial charge is 0 e. The Morgan fingerprint density at radius 1 is 1.25 bits per heavy atom. The molecule has 4 nitrogen and oxygen atoms in total. The van der Waals surface area contributed by atoms with Crippen molar-refractivity contribution in [2.45, 2.75) is 13.8 Å². The predicted octanol–water partition coefficient (Wildman–Crippen LogP) is 0.960. The molecule has 69 valence electrons. The fourth-order valence-corrected chi connectivity index (χ4v) is 0.294. The number of carbonyl (C=O) groups excluding carboxylic acids is 1. The molecule has 1 N–H and O–H groups in total. The topological polar surface area (TPSA) is 77.1 Å².